The van der Waals surface area contributed by atoms with Crippen molar-refractivity contribution in [2.75, 3.05) is 4.90 Å². The van der Waals surface area contributed by atoms with Crippen LogP contribution < -0.4 is 4.90 Å². The monoisotopic (exact) mass is 256 g/mol. The molecule has 1 aliphatic heterocycles. The van der Waals surface area contributed by atoms with Crippen LogP contribution in [0.1, 0.15) is 28.4 Å². The Bertz CT molecular complexity index is 647. The lowest BCUT2D eigenvalue weighted by molar-refractivity contribution is -0.114. The minimum atomic E-state index is -0.496. The molecule has 3 rings (SSSR count). The molecule has 1 aromatic carbocycles. The molecule has 96 valence electrons. The zero-order valence-corrected chi connectivity index (χ0v) is 10.4. The summed E-state index contributed by atoms with van der Waals surface area (Å²) in [6.07, 6.45) is 3.84. The second-order valence-electron chi connectivity index (χ2n) is 4.46. The molecule has 0 N–H and O–H groups in total. The Morgan fingerprint density at radius 1 is 1.26 bits per heavy atom. The third-order valence-electron chi connectivity index (χ3n) is 3.27. The van der Waals surface area contributed by atoms with Crippen LogP contribution in [0.5, 0.6) is 0 Å². The van der Waals surface area contributed by atoms with E-state index in [2.05, 4.69) is 5.16 Å². The van der Waals surface area contributed by atoms with E-state index in [4.69, 9.17) is 4.52 Å². The summed E-state index contributed by atoms with van der Waals surface area (Å²) in [5.41, 5.74) is 2.95. The van der Waals surface area contributed by atoms with Crippen molar-refractivity contribution < 1.29 is 14.1 Å². The molecule has 0 aliphatic carbocycles. The van der Waals surface area contributed by atoms with Crippen molar-refractivity contribution in [3.8, 4) is 0 Å². The molecule has 0 spiro atoms. The van der Waals surface area contributed by atoms with Gasteiger partial charge < -0.3 is 9.42 Å². The van der Waals surface area contributed by atoms with Crippen molar-refractivity contribution in [3.63, 3.8) is 0 Å². The molecule has 19 heavy (non-hydrogen) atoms. The Morgan fingerprint density at radius 3 is 2.79 bits per heavy atom. The van der Waals surface area contributed by atoms with Gasteiger partial charge in [-0.15, -0.1) is 0 Å². The molecule has 0 radical (unpaired) electrons. The fourth-order valence-electron chi connectivity index (χ4n) is 2.21. The maximum absolute atomic E-state index is 12.0. The number of ketones is 1. The van der Waals surface area contributed by atoms with Gasteiger partial charge in [-0.05, 0) is 24.1 Å². The average Bonchev–Trinajstić information content (AvgIpc) is 3.02. The molecule has 2 aromatic rings. The molecule has 0 saturated heterocycles. The lowest BCUT2D eigenvalue weighted by Gasteiger charge is -2.15. The minimum Gasteiger partial charge on any atom is -0.364 e. The Kier molecular flexibility index (Phi) is 2.67. The van der Waals surface area contributed by atoms with E-state index in [-0.39, 0.29) is 0 Å². The fraction of sp³-hybridized carbons (Fsp3) is 0.214. The molecule has 5 heteroatoms. The van der Waals surface area contributed by atoms with Crippen LogP contribution >= 0.6 is 0 Å². The normalized spacial score (nSPS) is 14.1. The summed E-state index contributed by atoms with van der Waals surface area (Å²) in [4.78, 5) is 25.4. The molecule has 2 heterocycles. The molecule has 0 atom stereocenters. The van der Waals surface area contributed by atoms with Crippen LogP contribution in [0.3, 0.4) is 0 Å². The van der Waals surface area contributed by atoms with Crippen LogP contribution in [-0.2, 0) is 17.8 Å². The molecule has 5 nitrogen and oxygen atoms in total. The summed E-state index contributed by atoms with van der Waals surface area (Å²) in [7, 11) is 0. The van der Waals surface area contributed by atoms with E-state index < -0.39 is 11.7 Å². The number of fused-ring (bicyclic) bond motifs is 1. The van der Waals surface area contributed by atoms with Gasteiger partial charge in [0.15, 0.2) is 0 Å². The van der Waals surface area contributed by atoms with Crippen LogP contribution in [0.15, 0.2) is 35.2 Å². The third kappa shape index (κ3) is 1.83. The maximum atomic E-state index is 12.0. The van der Waals surface area contributed by atoms with E-state index >= 15 is 0 Å². The zero-order chi connectivity index (χ0) is 13.4. The molecule has 1 aromatic heterocycles. The summed E-state index contributed by atoms with van der Waals surface area (Å²) in [6.45, 7) is 2.31. The minimum absolute atomic E-state index is 0.298. The van der Waals surface area contributed by atoms with Gasteiger partial charge >= 0.3 is 0 Å². The van der Waals surface area contributed by atoms with Crippen LogP contribution in [0, 0.1) is 0 Å². The molecular weight excluding hydrogens is 244 g/mol. The number of anilines is 1. The standard InChI is InChI=1S/C14H12N2O3/c1-2-9-3-4-12-11(5-9)13(17)14(18)16(12)7-10-6-15-19-8-10/h3-6,8H,2,7H2,1H3. The highest BCUT2D eigenvalue weighted by Crippen LogP contribution is 2.31. The number of hydrogen-bond donors (Lipinski definition) is 0. The van der Waals surface area contributed by atoms with Crippen molar-refractivity contribution in [3.05, 3.63) is 47.3 Å². The number of amides is 1. The quantitative estimate of drug-likeness (QED) is 0.787. The third-order valence-corrected chi connectivity index (χ3v) is 3.27. The number of aryl methyl sites for hydroxylation is 1. The van der Waals surface area contributed by atoms with E-state index in [1.807, 2.05) is 19.1 Å². The van der Waals surface area contributed by atoms with Gasteiger partial charge in [0, 0.05) is 5.56 Å². The number of nitrogens with zero attached hydrogens (tertiary/aromatic N) is 2. The van der Waals surface area contributed by atoms with E-state index in [0.29, 0.717) is 17.8 Å². The number of hydrogen-bond acceptors (Lipinski definition) is 4. The highest BCUT2D eigenvalue weighted by Gasteiger charge is 2.35. The van der Waals surface area contributed by atoms with Gasteiger partial charge in [-0.25, -0.2) is 0 Å². The summed E-state index contributed by atoms with van der Waals surface area (Å²) in [5.74, 6) is -0.939. The predicted molar refractivity (Wildman–Crippen MR) is 67.8 cm³/mol. The fourth-order valence-corrected chi connectivity index (χ4v) is 2.21. The van der Waals surface area contributed by atoms with Crippen LogP contribution in [0.4, 0.5) is 5.69 Å². The largest absolute Gasteiger partial charge is 0.364 e. The number of rotatable bonds is 3. The van der Waals surface area contributed by atoms with Gasteiger partial charge in [0.1, 0.15) is 6.26 Å². The van der Waals surface area contributed by atoms with Gasteiger partial charge in [-0.2, -0.15) is 0 Å². The second-order valence-corrected chi connectivity index (χ2v) is 4.46. The Hall–Kier alpha value is -2.43. The van der Waals surface area contributed by atoms with Crippen LogP contribution in [0.2, 0.25) is 0 Å². The van der Waals surface area contributed by atoms with Crippen molar-refractivity contribution >= 4 is 17.4 Å². The van der Waals surface area contributed by atoms with Crippen molar-refractivity contribution in [2.45, 2.75) is 19.9 Å². The topological polar surface area (TPSA) is 63.4 Å². The molecule has 0 bridgehead atoms. The van der Waals surface area contributed by atoms with E-state index in [1.54, 1.807) is 6.07 Å². The molecular formula is C14H12N2O3. The highest BCUT2D eigenvalue weighted by atomic mass is 16.5. The lowest BCUT2D eigenvalue weighted by atomic mass is 10.1. The summed E-state index contributed by atoms with van der Waals surface area (Å²) < 4.78 is 4.74. The summed E-state index contributed by atoms with van der Waals surface area (Å²) in [5, 5.41) is 3.59. The van der Waals surface area contributed by atoms with Crippen molar-refractivity contribution in [2.24, 2.45) is 0 Å². The van der Waals surface area contributed by atoms with E-state index in [0.717, 1.165) is 17.5 Å². The SMILES string of the molecule is CCc1ccc2c(c1)C(=O)C(=O)N2Cc1cnoc1. The predicted octanol–water partition coefficient (Wildman–Crippen LogP) is 1.97. The highest BCUT2D eigenvalue weighted by molar-refractivity contribution is 6.52. The van der Waals surface area contributed by atoms with Gasteiger partial charge in [0.05, 0.1) is 24.0 Å². The van der Waals surface area contributed by atoms with Crippen LogP contribution in [-0.4, -0.2) is 16.8 Å². The Balaban J connectivity index is 2.00. The summed E-state index contributed by atoms with van der Waals surface area (Å²) in [6, 6.07) is 5.55. The number of carbonyl (C=O) groups is 2. The molecule has 0 unspecified atom stereocenters. The van der Waals surface area contributed by atoms with Gasteiger partial charge in [0.2, 0.25) is 0 Å². The first-order valence-corrected chi connectivity index (χ1v) is 6.08. The van der Waals surface area contributed by atoms with Crippen molar-refractivity contribution in [1.29, 1.82) is 0 Å². The number of carbonyl (C=O) groups excluding carboxylic acids is 2. The lowest BCUT2D eigenvalue weighted by Crippen LogP contribution is -2.28. The first-order valence-electron chi connectivity index (χ1n) is 6.08. The Morgan fingerprint density at radius 2 is 2.11 bits per heavy atom. The number of benzene rings is 1. The first-order chi connectivity index (χ1) is 9.20. The molecule has 0 saturated carbocycles. The average molecular weight is 256 g/mol. The molecule has 1 aliphatic rings. The van der Waals surface area contributed by atoms with Crippen molar-refractivity contribution in [1.82, 2.24) is 5.16 Å². The molecule has 1 amide bonds. The molecule has 0 fully saturated rings. The Labute approximate surface area is 109 Å². The van der Waals surface area contributed by atoms with Gasteiger partial charge in [0.25, 0.3) is 11.7 Å². The number of aromatic nitrogens is 1. The van der Waals surface area contributed by atoms with E-state index in [1.165, 1.54) is 17.4 Å². The van der Waals surface area contributed by atoms with Gasteiger partial charge in [-0.1, -0.05) is 18.1 Å². The maximum Gasteiger partial charge on any atom is 0.299 e. The summed E-state index contributed by atoms with van der Waals surface area (Å²) >= 11 is 0. The second kappa shape index (κ2) is 4.35. The van der Waals surface area contributed by atoms with Gasteiger partial charge in [-0.3, -0.25) is 9.59 Å². The number of Topliss-reactive ketones (excluding diaryl/α,β-unsaturated/α-hetero) is 1. The first kappa shape index (κ1) is 11.6. The van der Waals surface area contributed by atoms with Crippen LogP contribution in [0.25, 0.3) is 0 Å². The van der Waals surface area contributed by atoms with E-state index in [9.17, 15) is 9.59 Å². The smallest absolute Gasteiger partial charge is 0.299 e. The zero-order valence-electron chi connectivity index (χ0n) is 10.4.